The Labute approximate surface area is 97.2 Å². The van der Waals surface area contributed by atoms with Gasteiger partial charge < -0.3 is 0 Å². The molecule has 3 heteroatoms. The number of benzene rings is 1. The van der Waals surface area contributed by atoms with Gasteiger partial charge in [-0.3, -0.25) is 0 Å². The lowest BCUT2D eigenvalue weighted by Crippen LogP contribution is -2.26. The molecule has 0 aromatic heterocycles. The van der Waals surface area contributed by atoms with Gasteiger partial charge >= 0.3 is 0 Å². The molecule has 0 aliphatic heterocycles. The molecular weight excluding hydrogens is 204 g/mol. The Balaban J connectivity index is 2.53. The molecule has 0 aliphatic rings. The van der Waals surface area contributed by atoms with Gasteiger partial charge in [0.05, 0.1) is 5.60 Å². The predicted molar refractivity (Wildman–Crippen MR) is 62.5 cm³/mol. The van der Waals surface area contributed by atoms with Crippen LogP contribution >= 0.6 is 0 Å². The lowest BCUT2D eigenvalue weighted by Gasteiger charge is -2.25. The quantitative estimate of drug-likeness (QED) is 0.577. The zero-order valence-electron chi connectivity index (χ0n) is 10.6. The van der Waals surface area contributed by atoms with Crippen LogP contribution in [0.25, 0.3) is 0 Å². The minimum absolute atomic E-state index is 0.382. The van der Waals surface area contributed by atoms with Crippen LogP contribution in [0.3, 0.4) is 0 Å². The first kappa shape index (κ1) is 13.2. The van der Waals surface area contributed by atoms with Crippen molar-refractivity contribution < 1.29 is 14.8 Å². The fourth-order valence-corrected chi connectivity index (χ4v) is 1.09. The van der Waals surface area contributed by atoms with E-state index in [1.807, 2.05) is 65.0 Å². The maximum atomic E-state index is 5.27. The van der Waals surface area contributed by atoms with E-state index in [-0.39, 0.29) is 5.60 Å². The Bertz CT molecular complexity index is 312. The van der Waals surface area contributed by atoms with Gasteiger partial charge in [-0.25, -0.2) is 4.89 Å². The average molecular weight is 224 g/mol. The first-order valence-corrected chi connectivity index (χ1v) is 5.40. The molecule has 0 heterocycles. The Morgan fingerprint density at radius 1 is 0.812 bits per heavy atom. The molecular formula is C13H20O3. The maximum absolute atomic E-state index is 5.27. The number of rotatable bonds is 4. The maximum Gasteiger partial charge on any atom is 0.126 e. The SMILES string of the molecule is CC(C)(C)OOOC(C)(C)c1ccccc1. The van der Waals surface area contributed by atoms with Gasteiger partial charge in [0.25, 0.3) is 0 Å². The molecule has 0 N–H and O–H groups in total. The van der Waals surface area contributed by atoms with E-state index < -0.39 is 5.60 Å². The summed E-state index contributed by atoms with van der Waals surface area (Å²) in [7, 11) is 0. The van der Waals surface area contributed by atoms with Gasteiger partial charge in [0.2, 0.25) is 0 Å². The van der Waals surface area contributed by atoms with Crippen LogP contribution in [0.1, 0.15) is 40.2 Å². The third kappa shape index (κ3) is 4.31. The van der Waals surface area contributed by atoms with Crippen molar-refractivity contribution in [1.29, 1.82) is 0 Å². The highest BCUT2D eigenvalue weighted by molar-refractivity contribution is 5.20. The van der Waals surface area contributed by atoms with Gasteiger partial charge in [-0.1, -0.05) is 35.4 Å². The lowest BCUT2D eigenvalue weighted by molar-refractivity contribution is -0.566. The van der Waals surface area contributed by atoms with E-state index in [9.17, 15) is 0 Å². The van der Waals surface area contributed by atoms with Crippen molar-refractivity contribution >= 4 is 0 Å². The van der Waals surface area contributed by atoms with Crippen molar-refractivity contribution in [2.24, 2.45) is 0 Å². The van der Waals surface area contributed by atoms with Crippen molar-refractivity contribution in [2.45, 2.75) is 45.8 Å². The fraction of sp³-hybridized carbons (Fsp3) is 0.538. The van der Waals surface area contributed by atoms with Crippen molar-refractivity contribution in [2.75, 3.05) is 0 Å². The van der Waals surface area contributed by atoms with Gasteiger partial charge in [-0.05, 0) is 40.2 Å². The predicted octanol–water partition coefficient (Wildman–Crippen LogP) is 3.60. The van der Waals surface area contributed by atoms with E-state index in [2.05, 4.69) is 0 Å². The van der Waals surface area contributed by atoms with Crippen LogP contribution in [0, 0.1) is 0 Å². The molecule has 0 bridgehead atoms. The summed E-state index contributed by atoms with van der Waals surface area (Å²) >= 11 is 0. The molecule has 0 saturated heterocycles. The van der Waals surface area contributed by atoms with Crippen LogP contribution in [0.4, 0.5) is 0 Å². The summed E-state index contributed by atoms with van der Waals surface area (Å²) in [5.74, 6) is 0. The van der Waals surface area contributed by atoms with Crippen molar-refractivity contribution in [3.63, 3.8) is 0 Å². The molecule has 0 fully saturated rings. The summed E-state index contributed by atoms with van der Waals surface area (Å²) in [5, 5.41) is 4.82. The molecule has 0 spiro atoms. The Hall–Kier alpha value is -0.900. The monoisotopic (exact) mass is 224 g/mol. The van der Waals surface area contributed by atoms with E-state index in [0.29, 0.717) is 0 Å². The summed E-state index contributed by atoms with van der Waals surface area (Å²) in [6.45, 7) is 9.53. The molecule has 3 nitrogen and oxygen atoms in total. The minimum atomic E-state index is -0.535. The summed E-state index contributed by atoms with van der Waals surface area (Å²) in [6, 6.07) is 9.86. The molecule has 90 valence electrons. The van der Waals surface area contributed by atoms with Crippen LogP contribution < -0.4 is 0 Å². The second kappa shape index (κ2) is 4.95. The van der Waals surface area contributed by atoms with Crippen LogP contribution in [0.15, 0.2) is 30.3 Å². The number of hydrogen-bond donors (Lipinski definition) is 0. The van der Waals surface area contributed by atoms with Gasteiger partial charge in [-0.2, -0.15) is 4.89 Å². The molecule has 1 rings (SSSR count). The fourth-order valence-electron chi connectivity index (χ4n) is 1.09. The smallest absolute Gasteiger partial charge is 0.126 e. The molecule has 0 saturated carbocycles. The van der Waals surface area contributed by atoms with E-state index in [4.69, 9.17) is 14.8 Å². The summed E-state index contributed by atoms with van der Waals surface area (Å²) in [6.07, 6.45) is 0. The van der Waals surface area contributed by atoms with Crippen LogP contribution in [0.2, 0.25) is 0 Å². The second-order valence-electron chi connectivity index (χ2n) is 5.22. The zero-order valence-corrected chi connectivity index (χ0v) is 10.6. The standard InChI is InChI=1S/C13H20O3/c1-12(2,3)14-16-15-13(4,5)11-9-7-6-8-10-11/h6-10H,1-5H3. The summed E-state index contributed by atoms with van der Waals surface area (Å²) in [4.78, 5) is 10.3. The normalized spacial score (nSPS) is 12.8. The average Bonchev–Trinajstić information content (AvgIpc) is 2.17. The van der Waals surface area contributed by atoms with Crippen molar-refractivity contribution in [1.82, 2.24) is 0 Å². The van der Waals surface area contributed by atoms with Crippen molar-refractivity contribution in [3.8, 4) is 0 Å². The van der Waals surface area contributed by atoms with E-state index in [0.717, 1.165) is 5.56 Å². The third-order valence-electron chi connectivity index (χ3n) is 2.00. The number of hydrogen-bond acceptors (Lipinski definition) is 3. The Kier molecular flexibility index (Phi) is 4.08. The van der Waals surface area contributed by atoms with E-state index >= 15 is 0 Å². The molecule has 0 amide bonds. The van der Waals surface area contributed by atoms with Gasteiger partial charge in [0, 0.05) is 0 Å². The van der Waals surface area contributed by atoms with Crippen LogP contribution in [0.5, 0.6) is 0 Å². The topological polar surface area (TPSA) is 27.7 Å². The highest BCUT2D eigenvalue weighted by atomic mass is 17.5. The first-order valence-electron chi connectivity index (χ1n) is 5.40. The molecule has 1 aromatic rings. The molecule has 1 aromatic carbocycles. The van der Waals surface area contributed by atoms with Gasteiger partial charge in [0.15, 0.2) is 0 Å². The largest absolute Gasteiger partial charge is 0.200 e. The van der Waals surface area contributed by atoms with Crippen LogP contribution in [-0.4, -0.2) is 5.60 Å². The van der Waals surface area contributed by atoms with E-state index in [1.54, 1.807) is 0 Å². The first-order chi connectivity index (χ1) is 7.31. The highest BCUT2D eigenvalue weighted by Crippen LogP contribution is 2.25. The molecule has 16 heavy (non-hydrogen) atoms. The highest BCUT2D eigenvalue weighted by Gasteiger charge is 2.24. The summed E-state index contributed by atoms with van der Waals surface area (Å²) < 4.78 is 0. The lowest BCUT2D eigenvalue weighted by atomic mass is 9.99. The zero-order chi connectivity index (χ0) is 12.2. The van der Waals surface area contributed by atoms with Crippen molar-refractivity contribution in [3.05, 3.63) is 35.9 Å². The Morgan fingerprint density at radius 2 is 1.38 bits per heavy atom. The Morgan fingerprint density at radius 3 is 1.88 bits per heavy atom. The third-order valence-corrected chi connectivity index (χ3v) is 2.00. The second-order valence-corrected chi connectivity index (χ2v) is 5.22. The van der Waals surface area contributed by atoms with Crippen LogP contribution in [-0.2, 0) is 20.4 Å². The molecule has 0 aliphatic carbocycles. The van der Waals surface area contributed by atoms with Gasteiger partial charge in [0.1, 0.15) is 5.60 Å². The minimum Gasteiger partial charge on any atom is -0.200 e. The summed E-state index contributed by atoms with van der Waals surface area (Å²) in [5.41, 5.74) is 0.117. The molecule has 0 radical (unpaired) electrons. The van der Waals surface area contributed by atoms with E-state index in [1.165, 1.54) is 0 Å². The molecule has 0 unspecified atom stereocenters. The molecule has 0 atom stereocenters. The van der Waals surface area contributed by atoms with Gasteiger partial charge in [-0.15, -0.1) is 0 Å².